The van der Waals surface area contributed by atoms with E-state index in [-0.39, 0.29) is 18.0 Å². The maximum absolute atomic E-state index is 11.1. The van der Waals surface area contributed by atoms with Crippen molar-refractivity contribution in [1.82, 2.24) is 10.2 Å². The molecule has 1 aliphatic heterocycles. The van der Waals surface area contributed by atoms with Crippen molar-refractivity contribution in [3.8, 4) is 0 Å². The summed E-state index contributed by atoms with van der Waals surface area (Å²) in [5.74, 6) is -0.101. The summed E-state index contributed by atoms with van der Waals surface area (Å²) >= 11 is 0. The molecule has 2 fully saturated rings. The van der Waals surface area contributed by atoms with Gasteiger partial charge in [-0.15, -0.1) is 0 Å². The van der Waals surface area contributed by atoms with Crippen molar-refractivity contribution >= 4 is 5.91 Å². The zero-order chi connectivity index (χ0) is 11.7. The monoisotopic (exact) mass is 228 g/mol. The summed E-state index contributed by atoms with van der Waals surface area (Å²) in [7, 11) is 0. The lowest BCUT2D eigenvalue weighted by Gasteiger charge is -2.31. The van der Waals surface area contributed by atoms with Crippen LogP contribution >= 0.6 is 0 Å². The second-order valence-corrected chi connectivity index (χ2v) is 4.83. The minimum Gasteiger partial charge on any atom is -0.390 e. The van der Waals surface area contributed by atoms with Gasteiger partial charge in [-0.2, -0.15) is 0 Å². The number of amides is 1. The molecule has 0 unspecified atom stereocenters. The number of nitrogens with zero attached hydrogens (tertiary/aromatic N) is 1. The highest BCUT2D eigenvalue weighted by Gasteiger charge is 2.45. The van der Waals surface area contributed by atoms with Crippen LogP contribution < -0.4 is 5.32 Å². The van der Waals surface area contributed by atoms with E-state index in [0.717, 1.165) is 25.9 Å². The molecule has 4 atom stereocenters. The van der Waals surface area contributed by atoms with Crippen LogP contribution in [0.3, 0.4) is 0 Å². The number of rotatable bonds is 2. The van der Waals surface area contributed by atoms with E-state index in [4.69, 9.17) is 0 Å². The van der Waals surface area contributed by atoms with E-state index in [1.165, 1.54) is 6.92 Å². The third-order valence-corrected chi connectivity index (χ3v) is 3.60. The van der Waals surface area contributed by atoms with Crippen molar-refractivity contribution in [2.24, 2.45) is 0 Å². The normalized spacial score (nSPS) is 40.2. The molecule has 1 saturated heterocycles. The maximum Gasteiger partial charge on any atom is 0.217 e. The number of aliphatic hydroxyl groups is 2. The van der Waals surface area contributed by atoms with Gasteiger partial charge in [0.1, 0.15) is 0 Å². The molecule has 2 aliphatic rings. The first kappa shape index (κ1) is 11.8. The van der Waals surface area contributed by atoms with E-state index in [0.29, 0.717) is 6.42 Å². The van der Waals surface area contributed by atoms with Gasteiger partial charge < -0.3 is 15.5 Å². The van der Waals surface area contributed by atoms with Crippen molar-refractivity contribution in [3.05, 3.63) is 0 Å². The number of hydrogen-bond donors (Lipinski definition) is 3. The van der Waals surface area contributed by atoms with Gasteiger partial charge in [0.2, 0.25) is 5.91 Å². The fraction of sp³-hybridized carbons (Fsp3) is 0.909. The highest BCUT2D eigenvalue weighted by atomic mass is 16.3. The first-order chi connectivity index (χ1) is 7.59. The van der Waals surface area contributed by atoms with Gasteiger partial charge in [-0.3, -0.25) is 9.69 Å². The molecule has 0 bridgehead atoms. The SMILES string of the molecule is CC(=O)N[C@@H]1C[C@H](O)[C@H](O)[C@H]1N1CCCC1. The van der Waals surface area contributed by atoms with E-state index in [2.05, 4.69) is 10.2 Å². The number of aliphatic hydroxyl groups excluding tert-OH is 2. The molecule has 1 heterocycles. The number of likely N-dealkylation sites (tertiary alicyclic amines) is 1. The summed E-state index contributed by atoms with van der Waals surface area (Å²) in [4.78, 5) is 13.3. The van der Waals surface area contributed by atoms with Crippen molar-refractivity contribution in [2.75, 3.05) is 13.1 Å². The van der Waals surface area contributed by atoms with Crippen LogP contribution in [-0.2, 0) is 4.79 Å². The third-order valence-electron chi connectivity index (χ3n) is 3.60. The zero-order valence-electron chi connectivity index (χ0n) is 9.59. The van der Waals surface area contributed by atoms with Gasteiger partial charge >= 0.3 is 0 Å². The first-order valence-electron chi connectivity index (χ1n) is 5.97. The molecular formula is C11H20N2O3. The van der Waals surface area contributed by atoms with Crippen molar-refractivity contribution in [3.63, 3.8) is 0 Å². The Labute approximate surface area is 95.4 Å². The molecular weight excluding hydrogens is 208 g/mol. The van der Waals surface area contributed by atoms with E-state index in [1.54, 1.807) is 0 Å². The minimum absolute atomic E-state index is 0.101. The number of nitrogens with one attached hydrogen (secondary N) is 1. The molecule has 2 rings (SSSR count). The summed E-state index contributed by atoms with van der Waals surface area (Å²) < 4.78 is 0. The second-order valence-electron chi connectivity index (χ2n) is 4.83. The Morgan fingerprint density at radius 2 is 1.94 bits per heavy atom. The van der Waals surface area contributed by atoms with E-state index in [9.17, 15) is 15.0 Å². The van der Waals surface area contributed by atoms with E-state index < -0.39 is 12.2 Å². The average molecular weight is 228 g/mol. The molecule has 0 spiro atoms. The fourth-order valence-electron chi connectivity index (χ4n) is 2.92. The molecule has 0 aromatic carbocycles. The molecule has 1 aliphatic carbocycles. The average Bonchev–Trinajstić information content (AvgIpc) is 2.76. The third kappa shape index (κ3) is 2.21. The summed E-state index contributed by atoms with van der Waals surface area (Å²) in [6.45, 7) is 3.37. The first-order valence-corrected chi connectivity index (χ1v) is 5.97. The fourth-order valence-corrected chi connectivity index (χ4v) is 2.92. The Kier molecular flexibility index (Phi) is 3.47. The highest BCUT2D eigenvalue weighted by Crippen LogP contribution is 2.28. The van der Waals surface area contributed by atoms with E-state index >= 15 is 0 Å². The van der Waals surface area contributed by atoms with Gasteiger partial charge in [0.05, 0.1) is 18.2 Å². The topological polar surface area (TPSA) is 72.8 Å². The van der Waals surface area contributed by atoms with Crippen LogP contribution in [0.4, 0.5) is 0 Å². The molecule has 0 aromatic heterocycles. The molecule has 0 aromatic rings. The number of carbonyl (C=O) groups excluding carboxylic acids is 1. The molecule has 5 heteroatoms. The molecule has 0 radical (unpaired) electrons. The van der Waals surface area contributed by atoms with Gasteiger partial charge in [0.25, 0.3) is 0 Å². The van der Waals surface area contributed by atoms with Crippen LogP contribution in [0, 0.1) is 0 Å². The maximum atomic E-state index is 11.1. The van der Waals surface area contributed by atoms with Gasteiger partial charge in [-0.1, -0.05) is 0 Å². The lowest BCUT2D eigenvalue weighted by Crippen LogP contribution is -2.52. The van der Waals surface area contributed by atoms with E-state index in [1.807, 2.05) is 0 Å². The van der Waals surface area contributed by atoms with Crippen molar-refractivity contribution in [2.45, 2.75) is 50.5 Å². The Bertz CT molecular complexity index is 266. The van der Waals surface area contributed by atoms with Crippen LogP contribution in [-0.4, -0.2) is 58.4 Å². The zero-order valence-corrected chi connectivity index (χ0v) is 9.59. The van der Waals surface area contributed by atoms with Gasteiger partial charge in [0, 0.05) is 13.0 Å². The quantitative estimate of drug-likeness (QED) is 0.571. The lowest BCUT2D eigenvalue weighted by molar-refractivity contribution is -0.120. The Morgan fingerprint density at radius 3 is 2.50 bits per heavy atom. The lowest BCUT2D eigenvalue weighted by atomic mass is 10.1. The van der Waals surface area contributed by atoms with Crippen LogP contribution in [0.15, 0.2) is 0 Å². The number of hydrogen-bond acceptors (Lipinski definition) is 4. The summed E-state index contributed by atoms with van der Waals surface area (Å²) in [5.41, 5.74) is 0. The second kappa shape index (κ2) is 4.69. The van der Waals surface area contributed by atoms with Gasteiger partial charge in [0.15, 0.2) is 0 Å². The minimum atomic E-state index is -0.741. The Balaban J connectivity index is 2.07. The molecule has 3 N–H and O–H groups in total. The van der Waals surface area contributed by atoms with Crippen molar-refractivity contribution < 1.29 is 15.0 Å². The molecule has 1 amide bonds. The van der Waals surface area contributed by atoms with Crippen molar-refractivity contribution in [1.29, 1.82) is 0 Å². The molecule has 1 saturated carbocycles. The molecule has 92 valence electrons. The standard InChI is InChI=1S/C11H20N2O3/c1-7(14)12-8-6-9(15)11(16)10(8)13-4-2-3-5-13/h8-11,15-16H,2-6H2,1H3,(H,12,14)/t8-,9+,10+,11+/m1/s1. The predicted octanol–water partition coefficient (Wildman–Crippen LogP) is -0.919. The Hall–Kier alpha value is -0.650. The predicted molar refractivity (Wildman–Crippen MR) is 58.8 cm³/mol. The summed E-state index contributed by atoms with van der Waals surface area (Å²) in [5, 5.41) is 22.5. The summed E-state index contributed by atoms with van der Waals surface area (Å²) in [6, 6.07) is -0.248. The molecule has 5 nitrogen and oxygen atoms in total. The Morgan fingerprint density at radius 1 is 1.31 bits per heavy atom. The van der Waals surface area contributed by atoms with Crippen LogP contribution in [0.1, 0.15) is 26.2 Å². The number of carbonyl (C=O) groups is 1. The van der Waals surface area contributed by atoms with Crippen LogP contribution in [0.25, 0.3) is 0 Å². The van der Waals surface area contributed by atoms with Gasteiger partial charge in [-0.25, -0.2) is 0 Å². The molecule has 16 heavy (non-hydrogen) atoms. The smallest absolute Gasteiger partial charge is 0.217 e. The van der Waals surface area contributed by atoms with Gasteiger partial charge in [-0.05, 0) is 32.4 Å². The summed E-state index contributed by atoms with van der Waals surface area (Å²) in [6.07, 6.45) is 1.25. The van der Waals surface area contributed by atoms with Crippen LogP contribution in [0.5, 0.6) is 0 Å². The highest BCUT2D eigenvalue weighted by molar-refractivity contribution is 5.73. The largest absolute Gasteiger partial charge is 0.390 e. The van der Waals surface area contributed by atoms with Crippen LogP contribution in [0.2, 0.25) is 0 Å².